The van der Waals surface area contributed by atoms with Crippen LogP contribution in [0, 0.1) is 11.8 Å². The van der Waals surface area contributed by atoms with Crippen molar-refractivity contribution in [1.29, 1.82) is 0 Å². The molecule has 1 saturated heterocycles. The number of rotatable bonds is 13. The summed E-state index contributed by atoms with van der Waals surface area (Å²) < 4.78 is 10.7. The number of nitrogens with one attached hydrogen (secondary N) is 3. The van der Waals surface area contributed by atoms with Crippen LogP contribution in [0.15, 0.2) is 24.3 Å². The van der Waals surface area contributed by atoms with Crippen molar-refractivity contribution in [2.75, 3.05) is 13.7 Å². The van der Waals surface area contributed by atoms with Crippen LogP contribution in [-0.2, 0) is 30.3 Å². The topological polar surface area (TPSA) is 126 Å². The molecule has 9 heteroatoms. The summed E-state index contributed by atoms with van der Waals surface area (Å²) in [5, 5.41) is 8.62. The number of methoxy groups -OCH3 is 1. The summed E-state index contributed by atoms with van der Waals surface area (Å²) in [6.07, 6.45) is 8.86. The fourth-order valence-corrected chi connectivity index (χ4v) is 5.79. The highest BCUT2D eigenvalue weighted by molar-refractivity contribution is 5.98. The first kappa shape index (κ1) is 29.1. The number of carbonyl (C=O) groups excluding carboxylic acids is 4. The molecule has 9 nitrogen and oxygen atoms in total. The second kappa shape index (κ2) is 12.9. The molecule has 4 atom stereocenters. The Morgan fingerprint density at radius 1 is 0.923 bits per heavy atom. The van der Waals surface area contributed by atoms with E-state index in [1.165, 1.54) is 0 Å². The van der Waals surface area contributed by atoms with Crippen molar-refractivity contribution in [3.8, 4) is 5.75 Å². The maximum Gasteiger partial charge on any atom is 0.243 e. The van der Waals surface area contributed by atoms with Gasteiger partial charge in [-0.05, 0) is 56.7 Å². The molecule has 39 heavy (non-hydrogen) atoms. The number of hydrogen-bond acceptors (Lipinski definition) is 6. The lowest BCUT2D eigenvalue weighted by molar-refractivity contribution is -0.134. The van der Waals surface area contributed by atoms with E-state index in [4.69, 9.17) is 9.47 Å². The summed E-state index contributed by atoms with van der Waals surface area (Å²) in [6.45, 7) is 3.74. The second-order valence-corrected chi connectivity index (χ2v) is 11.7. The lowest BCUT2D eigenvalue weighted by atomic mass is 9.90. The van der Waals surface area contributed by atoms with Crippen molar-refractivity contribution >= 4 is 23.5 Å². The van der Waals surface area contributed by atoms with Crippen LogP contribution in [0.2, 0.25) is 0 Å². The van der Waals surface area contributed by atoms with Gasteiger partial charge in [-0.15, -0.1) is 0 Å². The smallest absolute Gasteiger partial charge is 0.243 e. The molecule has 214 valence electrons. The summed E-state index contributed by atoms with van der Waals surface area (Å²) in [6, 6.07) is 4.89. The lowest BCUT2D eigenvalue weighted by Crippen LogP contribution is -2.57. The van der Waals surface area contributed by atoms with Gasteiger partial charge in [0.1, 0.15) is 23.4 Å². The Hall–Kier alpha value is -2.94. The van der Waals surface area contributed by atoms with Gasteiger partial charge in [-0.25, -0.2) is 0 Å². The van der Waals surface area contributed by atoms with Gasteiger partial charge in [0.2, 0.25) is 17.7 Å². The van der Waals surface area contributed by atoms with Crippen molar-refractivity contribution in [3.05, 3.63) is 29.8 Å². The minimum Gasteiger partial charge on any atom is -0.497 e. The van der Waals surface area contributed by atoms with Crippen LogP contribution in [0.4, 0.5) is 0 Å². The highest BCUT2D eigenvalue weighted by Gasteiger charge is 2.50. The third kappa shape index (κ3) is 7.81. The zero-order valence-electron chi connectivity index (χ0n) is 23.4. The number of Topliss-reactive ketones (excluding diaryl/α,β-unsaturated/α-hetero) is 1. The van der Waals surface area contributed by atoms with Crippen LogP contribution in [0.5, 0.6) is 5.75 Å². The summed E-state index contributed by atoms with van der Waals surface area (Å²) in [4.78, 5) is 52.7. The summed E-state index contributed by atoms with van der Waals surface area (Å²) in [5.41, 5.74) is -0.0281. The van der Waals surface area contributed by atoms with Crippen LogP contribution >= 0.6 is 0 Å². The predicted octanol–water partition coefficient (Wildman–Crippen LogP) is 2.84. The maximum absolute atomic E-state index is 13.7. The summed E-state index contributed by atoms with van der Waals surface area (Å²) in [5.74, 6) is -0.0954. The standard InChI is InChI=1S/C30H43N3O6/c1-19(31-28(36)22-10-6-7-11-22)27(35)33-25(17-21-12-14-23(38-3)15-13-21)29(37)32-24(16-20-8-4-5-9-20)26(34)30(2)18-39-30/h12-15,19-20,22,24-25H,4-11,16-18H2,1-3H3,(H,31,36)(H,32,37)(H,33,35)/t19-,24+,25+,30+/m1/s1. The molecule has 3 N–H and O–H groups in total. The largest absolute Gasteiger partial charge is 0.497 e. The van der Waals surface area contributed by atoms with E-state index in [-0.39, 0.29) is 24.0 Å². The van der Waals surface area contributed by atoms with Gasteiger partial charge < -0.3 is 25.4 Å². The first-order chi connectivity index (χ1) is 18.7. The second-order valence-electron chi connectivity index (χ2n) is 11.7. The fourth-order valence-electron chi connectivity index (χ4n) is 5.79. The van der Waals surface area contributed by atoms with Crippen molar-refractivity contribution in [2.24, 2.45) is 11.8 Å². The molecule has 3 amide bonds. The molecule has 0 radical (unpaired) electrons. The van der Waals surface area contributed by atoms with E-state index in [9.17, 15) is 19.2 Å². The highest BCUT2D eigenvalue weighted by Crippen LogP contribution is 2.33. The molecule has 1 aliphatic heterocycles. The summed E-state index contributed by atoms with van der Waals surface area (Å²) in [7, 11) is 1.58. The van der Waals surface area contributed by atoms with Crippen molar-refractivity contribution in [3.63, 3.8) is 0 Å². The Balaban J connectivity index is 1.46. The number of ether oxygens (including phenoxy) is 2. The SMILES string of the molecule is COc1ccc(C[C@H](NC(=O)[C@@H](C)NC(=O)C2CCCC2)C(=O)N[C@@H](CC2CCCC2)C(=O)[C@]2(C)CO2)cc1. The van der Waals surface area contributed by atoms with Crippen LogP contribution < -0.4 is 20.7 Å². The molecule has 0 bridgehead atoms. The van der Waals surface area contributed by atoms with Gasteiger partial charge in [-0.2, -0.15) is 0 Å². The average molecular weight is 542 g/mol. The third-order valence-corrected chi connectivity index (χ3v) is 8.49. The van der Waals surface area contributed by atoms with Gasteiger partial charge >= 0.3 is 0 Å². The van der Waals surface area contributed by atoms with Gasteiger partial charge in [0.05, 0.1) is 19.8 Å². The Bertz CT molecular complexity index is 1030. The Kier molecular flexibility index (Phi) is 9.64. The van der Waals surface area contributed by atoms with Crippen molar-refractivity contribution in [2.45, 2.75) is 102 Å². The van der Waals surface area contributed by atoms with Gasteiger partial charge in [-0.3, -0.25) is 19.2 Å². The van der Waals surface area contributed by atoms with Crippen LogP contribution in [0.3, 0.4) is 0 Å². The number of benzene rings is 1. The van der Waals surface area contributed by atoms with E-state index >= 15 is 0 Å². The molecule has 1 aromatic rings. The molecule has 1 heterocycles. The molecule has 2 saturated carbocycles. The molecular formula is C30H43N3O6. The number of amides is 3. The van der Waals surface area contributed by atoms with Gasteiger partial charge in [0.15, 0.2) is 5.78 Å². The molecular weight excluding hydrogens is 498 g/mol. The molecule has 0 unspecified atom stereocenters. The van der Waals surface area contributed by atoms with E-state index in [2.05, 4.69) is 16.0 Å². The number of hydrogen-bond donors (Lipinski definition) is 3. The quantitative estimate of drug-likeness (QED) is 0.330. The van der Waals surface area contributed by atoms with Gasteiger partial charge in [0, 0.05) is 12.3 Å². The Morgan fingerprint density at radius 2 is 1.51 bits per heavy atom. The zero-order valence-corrected chi connectivity index (χ0v) is 23.4. The molecule has 4 rings (SSSR count). The molecule has 3 fully saturated rings. The average Bonchev–Trinajstić information content (AvgIpc) is 3.32. The third-order valence-electron chi connectivity index (χ3n) is 8.49. The van der Waals surface area contributed by atoms with Crippen molar-refractivity contribution < 1.29 is 28.7 Å². The Morgan fingerprint density at radius 3 is 2.10 bits per heavy atom. The predicted molar refractivity (Wildman–Crippen MR) is 146 cm³/mol. The van der Waals surface area contributed by atoms with Crippen molar-refractivity contribution in [1.82, 2.24) is 16.0 Å². The molecule has 0 spiro atoms. The van der Waals surface area contributed by atoms with E-state index in [0.29, 0.717) is 24.7 Å². The maximum atomic E-state index is 13.7. The van der Waals surface area contributed by atoms with E-state index in [0.717, 1.165) is 56.9 Å². The fraction of sp³-hybridized carbons (Fsp3) is 0.667. The molecule has 3 aliphatic rings. The molecule has 0 aromatic heterocycles. The summed E-state index contributed by atoms with van der Waals surface area (Å²) >= 11 is 0. The first-order valence-electron chi connectivity index (χ1n) is 14.4. The molecule has 1 aromatic carbocycles. The van der Waals surface area contributed by atoms with E-state index < -0.39 is 35.5 Å². The van der Waals surface area contributed by atoms with Crippen LogP contribution in [0.1, 0.15) is 77.2 Å². The normalized spacial score (nSPS) is 23.5. The van der Waals surface area contributed by atoms with E-state index in [1.54, 1.807) is 33.1 Å². The first-order valence-corrected chi connectivity index (χ1v) is 14.4. The van der Waals surface area contributed by atoms with Crippen LogP contribution in [0.25, 0.3) is 0 Å². The van der Waals surface area contributed by atoms with Crippen LogP contribution in [-0.4, -0.2) is 60.9 Å². The van der Waals surface area contributed by atoms with Gasteiger partial charge in [-0.1, -0.05) is 50.7 Å². The lowest BCUT2D eigenvalue weighted by Gasteiger charge is -2.27. The number of epoxide rings is 1. The molecule has 2 aliphatic carbocycles. The minimum absolute atomic E-state index is 0.0630. The van der Waals surface area contributed by atoms with Gasteiger partial charge in [0.25, 0.3) is 0 Å². The highest BCUT2D eigenvalue weighted by atomic mass is 16.6. The number of ketones is 1. The number of carbonyl (C=O) groups is 4. The monoisotopic (exact) mass is 541 g/mol. The zero-order chi connectivity index (χ0) is 28.0. The minimum atomic E-state index is -0.927. The van der Waals surface area contributed by atoms with E-state index in [1.807, 2.05) is 12.1 Å². The Labute approximate surface area is 231 Å².